The molecule has 0 bridgehead atoms. The average molecular weight is 371 g/mol. The zero-order chi connectivity index (χ0) is 18.9. The SMILES string of the molecule is CCN1CCC(CN(C)CCSc2ccccc2)C1.O=CO.O=CO. The molecule has 0 spiro atoms. The summed E-state index contributed by atoms with van der Waals surface area (Å²) in [6, 6.07) is 10.7. The maximum atomic E-state index is 8.36. The van der Waals surface area contributed by atoms with Crippen molar-refractivity contribution in [1.82, 2.24) is 9.80 Å². The van der Waals surface area contributed by atoms with Crippen LogP contribution < -0.4 is 0 Å². The van der Waals surface area contributed by atoms with Crippen LogP contribution in [0.25, 0.3) is 0 Å². The first-order valence-corrected chi connectivity index (χ1v) is 9.34. The van der Waals surface area contributed by atoms with E-state index >= 15 is 0 Å². The van der Waals surface area contributed by atoms with Gasteiger partial charge in [0.05, 0.1) is 0 Å². The first kappa shape index (κ1) is 23.4. The summed E-state index contributed by atoms with van der Waals surface area (Å²) >= 11 is 1.96. The molecule has 25 heavy (non-hydrogen) atoms. The fourth-order valence-electron chi connectivity index (χ4n) is 2.72. The van der Waals surface area contributed by atoms with Crippen molar-refractivity contribution in [3.63, 3.8) is 0 Å². The largest absolute Gasteiger partial charge is 0.483 e. The van der Waals surface area contributed by atoms with Gasteiger partial charge in [0, 0.05) is 30.3 Å². The number of carbonyl (C=O) groups is 2. The van der Waals surface area contributed by atoms with Crippen LogP contribution in [-0.2, 0) is 9.59 Å². The summed E-state index contributed by atoms with van der Waals surface area (Å²) in [7, 11) is 2.26. The normalized spacial score (nSPS) is 16.4. The third-order valence-electron chi connectivity index (χ3n) is 3.87. The van der Waals surface area contributed by atoms with E-state index in [-0.39, 0.29) is 12.9 Å². The summed E-state index contributed by atoms with van der Waals surface area (Å²) in [5.41, 5.74) is 0. The van der Waals surface area contributed by atoms with Gasteiger partial charge in [0.1, 0.15) is 0 Å². The zero-order valence-corrected chi connectivity index (χ0v) is 15.9. The highest BCUT2D eigenvalue weighted by molar-refractivity contribution is 7.99. The number of nitrogens with zero attached hydrogens (tertiary/aromatic N) is 2. The summed E-state index contributed by atoms with van der Waals surface area (Å²) in [6.07, 6.45) is 1.38. The Morgan fingerprint density at radius 1 is 1.24 bits per heavy atom. The number of hydrogen-bond donors (Lipinski definition) is 2. The highest BCUT2D eigenvalue weighted by Crippen LogP contribution is 2.19. The van der Waals surface area contributed by atoms with Crippen molar-refractivity contribution in [2.75, 3.05) is 45.5 Å². The van der Waals surface area contributed by atoms with Gasteiger partial charge >= 0.3 is 0 Å². The Kier molecular flexibility index (Phi) is 14.9. The van der Waals surface area contributed by atoms with Crippen LogP contribution in [0, 0.1) is 5.92 Å². The zero-order valence-electron chi connectivity index (χ0n) is 15.1. The Morgan fingerprint density at radius 3 is 2.36 bits per heavy atom. The Bertz CT molecular complexity index is 442. The summed E-state index contributed by atoms with van der Waals surface area (Å²) in [6.45, 7) is 8.02. The van der Waals surface area contributed by atoms with Gasteiger partial charge in [-0.05, 0) is 44.6 Å². The minimum absolute atomic E-state index is 0.250. The van der Waals surface area contributed by atoms with Gasteiger partial charge in [-0.2, -0.15) is 0 Å². The van der Waals surface area contributed by atoms with Gasteiger partial charge in [-0.15, -0.1) is 11.8 Å². The molecule has 2 rings (SSSR count). The second kappa shape index (κ2) is 15.9. The van der Waals surface area contributed by atoms with Gasteiger partial charge in [-0.1, -0.05) is 25.1 Å². The molecular formula is C18H30N2O4S. The van der Waals surface area contributed by atoms with Gasteiger partial charge < -0.3 is 20.0 Å². The van der Waals surface area contributed by atoms with Gasteiger partial charge in [0.15, 0.2) is 0 Å². The molecule has 1 aliphatic rings. The van der Waals surface area contributed by atoms with E-state index in [4.69, 9.17) is 19.8 Å². The first-order valence-electron chi connectivity index (χ1n) is 8.35. The van der Waals surface area contributed by atoms with E-state index in [0.29, 0.717) is 0 Å². The van der Waals surface area contributed by atoms with E-state index in [2.05, 4.69) is 54.1 Å². The lowest BCUT2D eigenvalue weighted by atomic mass is 10.1. The summed E-state index contributed by atoms with van der Waals surface area (Å²) < 4.78 is 0. The molecule has 1 heterocycles. The molecule has 0 aliphatic carbocycles. The van der Waals surface area contributed by atoms with Crippen LogP contribution in [0.5, 0.6) is 0 Å². The fourth-order valence-corrected chi connectivity index (χ4v) is 3.71. The van der Waals surface area contributed by atoms with Crippen molar-refractivity contribution in [2.45, 2.75) is 18.2 Å². The fraction of sp³-hybridized carbons (Fsp3) is 0.556. The van der Waals surface area contributed by atoms with E-state index in [0.717, 1.165) is 5.92 Å². The first-order chi connectivity index (χ1) is 12.1. The molecular weight excluding hydrogens is 340 g/mol. The molecule has 1 unspecified atom stereocenters. The number of carboxylic acid groups (broad SMARTS) is 2. The molecule has 142 valence electrons. The lowest BCUT2D eigenvalue weighted by molar-refractivity contribution is -0.123. The molecule has 6 nitrogen and oxygen atoms in total. The molecule has 1 aromatic rings. The van der Waals surface area contributed by atoms with Crippen LogP contribution in [0.15, 0.2) is 35.2 Å². The molecule has 0 aromatic heterocycles. The molecule has 0 saturated carbocycles. The number of benzene rings is 1. The maximum absolute atomic E-state index is 8.36. The third-order valence-corrected chi connectivity index (χ3v) is 4.86. The Hall–Kier alpha value is -1.57. The standard InChI is InChI=1S/C16H26N2S.2CH2O2/c1-3-18-10-9-15(14-18)13-17(2)11-12-19-16-7-5-4-6-8-16;2*2-1-3/h4-8,15H,3,9-14H2,1-2H3;2*1H,(H,2,3). The Labute approximate surface area is 154 Å². The third kappa shape index (κ3) is 12.4. The lowest BCUT2D eigenvalue weighted by Crippen LogP contribution is -2.29. The van der Waals surface area contributed by atoms with E-state index in [1.165, 1.54) is 49.8 Å². The van der Waals surface area contributed by atoms with Crippen LogP contribution in [0.1, 0.15) is 13.3 Å². The molecule has 1 fully saturated rings. The molecule has 7 heteroatoms. The second-order valence-corrected chi connectivity index (χ2v) is 6.85. The van der Waals surface area contributed by atoms with E-state index in [1.54, 1.807) is 0 Å². The number of hydrogen-bond acceptors (Lipinski definition) is 5. The molecule has 1 aliphatic heterocycles. The minimum Gasteiger partial charge on any atom is -0.483 e. The van der Waals surface area contributed by atoms with Gasteiger partial charge in [0.2, 0.25) is 0 Å². The van der Waals surface area contributed by atoms with Gasteiger partial charge in [0.25, 0.3) is 12.9 Å². The number of likely N-dealkylation sites (tertiary alicyclic amines) is 1. The van der Waals surface area contributed by atoms with Crippen molar-refractivity contribution in [3.05, 3.63) is 30.3 Å². The smallest absolute Gasteiger partial charge is 0.290 e. The summed E-state index contributed by atoms with van der Waals surface area (Å²) in [5.74, 6) is 2.07. The van der Waals surface area contributed by atoms with Crippen LogP contribution in [0.2, 0.25) is 0 Å². The van der Waals surface area contributed by atoms with Gasteiger partial charge in [-0.25, -0.2) is 0 Å². The van der Waals surface area contributed by atoms with E-state index < -0.39 is 0 Å². The molecule has 0 radical (unpaired) electrons. The molecule has 1 aromatic carbocycles. The van der Waals surface area contributed by atoms with Crippen LogP contribution in [0.3, 0.4) is 0 Å². The van der Waals surface area contributed by atoms with Crippen molar-refractivity contribution in [3.8, 4) is 0 Å². The number of rotatable bonds is 7. The molecule has 1 atom stereocenters. The number of thioether (sulfide) groups is 1. The van der Waals surface area contributed by atoms with Crippen molar-refractivity contribution < 1.29 is 19.8 Å². The minimum atomic E-state index is -0.250. The monoisotopic (exact) mass is 370 g/mol. The topological polar surface area (TPSA) is 81.1 Å². The van der Waals surface area contributed by atoms with Crippen LogP contribution >= 0.6 is 11.8 Å². The van der Waals surface area contributed by atoms with Gasteiger partial charge in [-0.3, -0.25) is 9.59 Å². The predicted octanol–water partition coefficient (Wildman–Crippen LogP) is 2.45. The molecule has 0 amide bonds. The predicted molar refractivity (Wildman–Crippen MR) is 102 cm³/mol. The van der Waals surface area contributed by atoms with Crippen LogP contribution in [0.4, 0.5) is 0 Å². The molecule has 2 N–H and O–H groups in total. The Morgan fingerprint density at radius 2 is 1.84 bits per heavy atom. The quantitative estimate of drug-likeness (QED) is 0.563. The molecule has 1 saturated heterocycles. The van der Waals surface area contributed by atoms with E-state index in [9.17, 15) is 0 Å². The van der Waals surface area contributed by atoms with E-state index in [1.807, 2.05) is 11.8 Å². The van der Waals surface area contributed by atoms with Crippen molar-refractivity contribution in [1.29, 1.82) is 0 Å². The maximum Gasteiger partial charge on any atom is 0.290 e. The van der Waals surface area contributed by atoms with Crippen LogP contribution in [-0.4, -0.2) is 78.5 Å². The highest BCUT2D eigenvalue weighted by Gasteiger charge is 2.21. The average Bonchev–Trinajstić information content (AvgIpc) is 3.05. The van der Waals surface area contributed by atoms with Crippen molar-refractivity contribution >= 4 is 24.7 Å². The lowest BCUT2D eigenvalue weighted by Gasteiger charge is -2.21. The summed E-state index contributed by atoms with van der Waals surface area (Å²) in [5, 5.41) is 13.8. The van der Waals surface area contributed by atoms with Crippen molar-refractivity contribution in [2.24, 2.45) is 5.92 Å². The second-order valence-electron chi connectivity index (χ2n) is 5.68. The Balaban J connectivity index is 0.000000844. The summed E-state index contributed by atoms with van der Waals surface area (Å²) in [4.78, 5) is 23.2. The highest BCUT2D eigenvalue weighted by atomic mass is 32.2.